The van der Waals surface area contributed by atoms with Gasteiger partial charge in [-0.05, 0) is 67.6 Å². The monoisotopic (exact) mass is 452 g/mol. The summed E-state index contributed by atoms with van der Waals surface area (Å²) in [6.45, 7) is 2.30. The van der Waals surface area contributed by atoms with Crippen molar-refractivity contribution in [2.75, 3.05) is 0 Å². The van der Waals surface area contributed by atoms with Crippen LogP contribution in [0.25, 0.3) is 0 Å². The van der Waals surface area contributed by atoms with Crippen LogP contribution in [0, 0.1) is 47.1 Å². The number of allylic oxidation sites excluding steroid dienone is 2. The number of halogens is 5. The van der Waals surface area contributed by atoms with E-state index in [0.29, 0.717) is 18.1 Å². The summed E-state index contributed by atoms with van der Waals surface area (Å²) in [4.78, 5) is 0. The molecule has 0 nitrogen and oxygen atoms in total. The van der Waals surface area contributed by atoms with E-state index < -0.39 is 23.4 Å². The Hall–Kier alpha value is -1.83. The molecule has 0 radical (unpaired) electrons. The van der Waals surface area contributed by atoms with Crippen molar-refractivity contribution in [2.24, 2.45) is 23.7 Å². The van der Waals surface area contributed by atoms with Gasteiger partial charge in [0, 0.05) is 5.56 Å². The Morgan fingerprint density at radius 1 is 0.844 bits per heavy atom. The third-order valence-corrected chi connectivity index (χ3v) is 7.41. The lowest BCUT2D eigenvalue weighted by molar-refractivity contribution is -0.142. The van der Waals surface area contributed by atoms with E-state index in [1.807, 2.05) is 6.08 Å². The Bertz CT molecular complexity index is 803. The van der Waals surface area contributed by atoms with Gasteiger partial charge in [0.15, 0.2) is 0 Å². The summed E-state index contributed by atoms with van der Waals surface area (Å²) >= 11 is 0. The summed E-state index contributed by atoms with van der Waals surface area (Å²) in [5, 5.41) is 0. The van der Waals surface area contributed by atoms with Crippen molar-refractivity contribution in [3.05, 3.63) is 47.0 Å². The average Bonchev–Trinajstić information content (AvgIpc) is 2.75. The van der Waals surface area contributed by atoms with E-state index in [1.54, 1.807) is 6.08 Å². The van der Waals surface area contributed by atoms with Gasteiger partial charge in [-0.2, -0.15) is 13.2 Å². The van der Waals surface area contributed by atoms with Gasteiger partial charge in [-0.3, -0.25) is 0 Å². The summed E-state index contributed by atoms with van der Waals surface area (Å²) in [6.07, 6.45) is 13.0. The molecule has 2 aliphatic rings. The van der Waals surface area contributed by atoms with E-state index in [4.69, 9.17) is 0 Å². The molecule has 2 fully saturated rings. The highest BCUT2D eigenvalue weighted by Crippen LogP contribution is 2.37. The molecule has 0 spiro atoms. The molecule has 0 saturated heterocycles. The van der Waals surface area contributed by atoms with E-state index in [-0.39, 0.29) is 5.56 Å². The first-order chi connectivity index (χ1) is 15.3. The lowest BCUT2D eigenvalue weighted by atomic mass is 9.75. The molecule has 2 aliphatic carbocycles. The first kappa shape index (κ1) is 24.8. The van der Waals surface area contributed by atoms with Crippen LogP contribution in [-0.4, -0.2) is 0 Å². The van der Waals surface area contributed by atoms with Crippen molar-refractivity contribution in [1.82, 2.24) is 0 Å². The number of benzene rings is 1. The molecule has 0 atom stereocenters. The fraction of sp³-hybridized carbons (Fsp3) is 0.630. The Kier molecular flexibility index (Phi) is 8.79. The Morgan fingerprint density at radius 3 is 1.84 bits per heavy atom. The predicted molar refractivity (Wildman–Crippen MR) is 118 cm³/mol. The Labute approximate surface area is 188 Å². The van der Waals surface area contributed by atoms with Gasteiger partial charge in [0.25, 0.3) is 0 Å². The minimum Gasteiger partial charge on any atom is -0.206 e. The molecule has 2 saturated carbocycles. The largest absolute Gasteiger partial charge is 0.422 e. The lowest BCUT2D eigenvalue weighted by Gasteiger charge is -2.31. The number of rotatable bonds is 5. The highest BCUT2D eigenvalue weighted by Gasteiger charge is 2.37. The molecule has 32 heavy (non-hydrogen) atoms. The quantitative estimate of drug-likeness (QED) is 0.310. The fourth-order valence-corrected chi connectivity index (χ4v) is 5.29. The Balaban J connectivity index is 1.42. The molecule has 0 aromatic heterocycles. The van der Waals surface area contributed by atoms with Gasteiger partial charge < -0.3 is 0 Å². The zero-order valence-electron chi connectivity index (χ0n) is 18.8. The SMILES string of the molecule is CCC1CCC(CCC2CCC(C=CC#Cc3cc(F)c(C(F)(F)F)c(F)c3)CC2)CC1. The maximum Gasteiger partial charge on any atom is 0.422 e. The normalized spacial score (nSPS) is 26.7. The topological polar surface area (TPSA) is 0 Å². The van der Waals surface area contributed by atoms with E-state index in [0.717, 1.165) is 30.6 Å². The van der Waals surface area contributed by atoms with Crippen LogP contribution in [0.5, 0.6) is 0 Å². The second kappa shape index (κ2) is 11.3. The molecule has 0 unspecified atom stereocenters. The van der Waals surface area contributed by atoms with Crippen LogP contribution >= 0.6 is 0 Å². The standard InChI is InChI=1S/C27H33F5/c1-2-19-7-9-21(10-8-19)15-16-22-13-11-20(12-14-22)5-3-4-6-23-17-24(28)26(25(29)18-23)27(30,31)32/h3,5,17-22H,2,7-16H2,1H3. The van der Waals surface area contributed by atoms with Crippen LogP contribution in [0.1, 0.15) is 88.7 Å². The second-order valence-electron chi connectivity index (χ2n) is 9.59. The molecule has 1 aromatic carbocycles. The summed E-state index contributed by atoms with van der Waals surface area (Å²) in [5.74, 6) is 5.10. The van der Waals surface area contributed by atoms with Gasteiger partial charge in [0.2, 0.25) is 0 Å². The summed E-state index contributed by atoms with van der Waals surface area (Å²) in [6, 6.07) is 1.26. The average molecular weight is 453 g/mol. The number of hydrogen-bond donors (Lipinski definition) is 0. The Morgan fingerprint density at radius 2 is 1.34 bits per heavy atom. The third-order valence-electron chi connectivity index (χ3n) is 7.41. The molecule has 3 rings (SSSR count). The summed E-state index contributed by atoms with van der Waals surface area (Å²) in [5.41, 5.74) is -1.97. The van der Waals surface area contributed by atoms with Crippen molar-refractivity contribution < 1.29 is 22.0 Å². The maximum absolute atomic E-state index is 13.6. The van der Waals surface area contributed by atoms with Gasteiger partial charge in [0.05, 0.1) is 0 Å². The van der Waals surface area contributed by atoms with Crippen LogP contribution in [-0.2, 0) is 6.18 Å². The van der Waals surface area contributed by atoms with Crippen LogP contribution in [0.3, 0.4) is 0 Å². The minimum atomic E-state index is -5.06. The highest BCUT2D eigenvalue weighted by molar-refractivity contribution is 5.40. The third kappa shape index (κ3) is 7.09. The van der Waals surface area contributed by atoms with Crippen molar-refractivity contribution in [2.45, 2.75) is 83.7 Å². The van der Waals surface area contributed by atoms with E-state index in [9.17, 15) is 22.0 Å². The molecule has 1 aromatic rings. The highest BCUT2D eigenvalue weighted by atomic mass is 19.4. The van der Waals surface area contributed by atoms with Crippen molar-refractivity contribution in [3.63, 3.8) is 0 Å². The maximum atomic E-state index is 13.6. The first-order valence-electron chi connectivity index (χ1n) is 12.0. The molecule has 0 heterocycles. The second-order valence-corrected chi connectivity index (χ2v) is 9.59. The minimum absolute atomic E-state index is 0.102. The summed E-state index contributed by atoms with van der Waals surface area (Å²) < 4.78 is 65.1. The number of alkyl halides is 3. The van der Waals surface area contributed by atoms with E-state index in [2.05, 4.69) is 18.8 Å². The number of hydrogen-bond acceptors (Lipinski definition) is 0. The van der Waals surface area contributed by atoms with Crippen LogP contribution < -0.4 is 0 Å². The van der Waals surface area contributed by atoms with Crippen LogP contribution in [0.4, 0.5) is 22.0 Å². The van der Waals surface area contributed by atoms with Crippen molar-refractivity contribution in [1.29, 1.82) is 0 Å². The van der Waals surface area contributed by atoms with Crippen molar-refractivity contribution in [3.8, 4) is 11.8 Å². The molecular weight excluding hydrogens is 419 g/mol. The van der Waals surface area contributed by atoms with E-state index in [1.165, 1.54) is 57.8 Å². The van der Waals surface area contributed by atoms with Crippen LogP contribution in [0.2, 0.25) is 0 Å². The summed E-state index contributed by atoms with van der Waals surface area (Å²) in [7, 11) is 0. The molecule has 0 aliphatic heterocycles. The first-order valence-corrected chi connectivity index (χ1v) is 12.0. The lowest BCUT2D eigenvalue weighted by Crippen LogP contribution is -2.17. The molecule has 0 amide bonds. The smallest absolute Gasteiger partial charge is 0.206 e. The van der Waals surface area contributed by atoms with Gasteiger partial charge in [-0.25, -0.2) is 8.78 Å². The predicted octanol–water partition coefficient (Wildman–Crippen LogP) is 8.69. The van der Waals surface area contributed by atoms with Gasteiger partial charge in [-0.1, -0.05) is 69.8 Å². The molecule has 176 valence electrons. The van der Waals surface area contributed by atoms with Crippen LogP contribution in [0.15, 0.2) is 24.3 Å². The van der Waals surface area contributed by atoms with Gasteiger partial charge in [0.1, 0.15) is 17.2 Å². The van der Waals surface area contributed by atoms with E-state index >= 15 is 0 Å². The van der Waals surface area contributed by atoms with Gasteiger partial charge >= 0.3 is 6.18 Å². The van der Waals surface area contributed by atoms with Crippen molar-refractivity contribution >= 4 is 0 Å². The molecular formula is C27H33F5. The molecule has 5 heteroatoms. The zero-order valence-corrected chi connectivity index (χ0v) is 18.8. The molecule has 0 bridgehead atoms. The zero-order chi connectivity index (χ0) is 23.1. The van der Waals surface area contributed by atoms with Gasteiger partial charge in [-0.15, -0.1) is 0 Å². The molecule has 0 N–H and O–H groups in total. The fourth-order valence-electron chi connectivity index (χ4n) is 5.29.